The fourth-order valence-electron chi connectivity index (χ4n) is 2.36. The fourth-order valence-corrected chi connectivity index (χ4v) is 3.88. The Balaban J connectivity index is 1.67. The zero-order valence-corrected chi connectivity index (χ0v) is 15.9. The van der Waals surface area contributed by atoms with E-state index in [-0.39, 0.29) is 17.3 Å². The van der Waals surface area contributed by atoms with Crippen LogP contribution in [0.1, 0.15) is 11.1 Å². The molecule has 0 aliphatic carbocycles. The number of aromatic nitrogens is 1. The molecule has 1 N–H and O–H groups in total. The van der Waals surface area contributed by atoms with Gasteiger partial charge < -0.3 is 4.74 Å². The molecule has 0 aliphatic heterocycles. The molecule has 0 fully saturated rings. The lowest BCUT2D eigenvalue weighted by Crippen LogP contribution is -2.24. The largest absolute Gasteiger partial charge is 0.439 e. The molecular weight excluding hydrogens is 391 g/mol. The van der Waals surface area contributed by atoms with Gasteiger partial charge >= 0.3 is 0 Å². The number of ether oxygens (including phenoxy) is 1. The molecule has 3 rings (SSSR count). The van der Waals surface area contributed by atoms with Crippen molar-refractivity contribution in [3.8, 4) is 11.6 Å². The quantitative estimate of drug-likeness (QED) is 0.656. The third kappa shape index (κ3) is 4.82. The Morgan fingerprint density at radius 2 is 1.93 bits per heavy atom. The molecule has 8 heteroatoms. The fraction of sp³-hybridized carbons (Fsp3) is 0.105. The monoisotopic (exact) mass is 406 g/mol. The van der Waals surface area contributed by atoms with E-state index in [1.807, 2.05) is 0 Å². The number of rotatable bonds is 6. The Kier molecular flexibility index (Phi) is 5.74. The van der Waals surface area contributed by atoms with E-state index in [4.69, 9.17) is 16.3 Å². The summed E-state index contributed by atoms with van der Waals surface area (Å²) >= 11 is 5.99. The van der Waals surface area contributed by atoms with Crippen molar-refractivity contribution in [2.24, 2.45) is 0 Å². The van der Waals surface area contributed by atoms with Crippen molar-refractivity contribution in [2.75, 3.05) is 0 Å². The van der Waals surface area contributed by atoms with E-state index in [1.165, 1.54) is 30.5 Å². The van der Waals surface area contributed by atoms with Crippen LogP contribution >= 0.6 is 11.6 Å². The van der Waals surface area contributed by atoms with Crippen molar-refractivity contribution in [3.63, 3.8) is 0 Å². The Morgan fingerprint density at radius 3 is 2.63 bits per heavy atom. The van der Waals surface area contributed by atoms with Crippen LogP contribution in [0, 0.1) is 12.7 Å². The van der Waals surface area contributed by atoms with Crippen molar-refractivity contribution in [1.29, 1.82) is 0 Å². The topological polar surface area (TPSA) is 68.3 Å². The molecule has 1 aromatic heterocycles. The molecule has 1 heterocycles. The number of nitrogens with zero attached hydrogens (tertiary/aromatic N) is 1. The second kappa shape index (κ2) is 8.04. The minimum absolute atomic E-state index is 0.0571. The summed E-state index contributed by atoms with van der Waals surface area (Å²) in [5.41, 5.74) is 1.13. The van der Waals surface area contributed by atoms with Crippen LogP contribution in [0.15, 0.2) is 65.7 Å². The van der Waals surface area contributed by atoms with Crippen molar-refractivity contribution in [1.82, 2.24) is 9.71 Å². The third-order valence-electron chi connectivity index (χ3n) is 3.79. The number of hydrogen-bond donors (Lipinski definition) is 1. The summed E-state index contributed by atoms with van der Waals surface area (Å²) in [5.74, 6) is 0.195. The van der Waals surface area contributed by atoms with Crippen LogP contribution in [0.4, 0.5) is 4.39 Å². The molecule has 0 bridgehead atoms. The van der Waals surface area contributed by atoms with Gasteiger partial charge in [0.25, 0.3) is 0 Å². The van der Waals surface area contributed by atoms with Gasteiger partial charge in [0.1, 0.15) is 11.6 Å². The van der Waals surface area contributed by atoms with Gasteiger partial charge in [-0.1, -0.05) is 29.8 Å². The van der Waals surface area contributed by atoms with Gasteiger partial charge in [-0.25, -0.2) is 22.5 Å². The Labute approximate surface area is 161 Å². The van der Waals surface area contributed by atoms with Crippen LogP contribution in [-0.2, 0) is 16.6 Å². The normalized spacial score (nSPS) is 11.4. The molecule has 5 nitrogen and oxygen atoms in total. The summed E-state index contributed by atoms with van der Waals surface area (Å²) in [5, 5.41) is 0.387. The molecule has 2 aromatic carbocycles. The van der Waals surface area contributed by atoms with Gasteiger partial charge in [-0.15, -0.1) is 0 Å². The van der Waals surface area contributed by atoms with Crippen LogP contribution in [-0.4, -0.2) is 13.4 Å². The van der Waals surface area contributed by atoms with Crippen molar-refractivity contribution >= 4 is 21.6 Å². The average molecular weight is 407 g/mol. The van der Waals surface area contributed by atoms with Crippen LogP contribution in [0.3, 0.4) is 0 Å². The average Bonchev–Trinajstić information content (AvgIpc) is 2.63. The van der Waals surface area contributed by atoms with E-state index < -0.39 is 15.8 Å². The molecule has 0 atom stereocenters. The number of nitrogens with one attached hydrogen (secondary N) is 1. The molecule has 0 aliphatic rings. The zero-order valence-electron chi connectivity index (χ0n) is 14.3. The summed E-state index contributed by atoms with van der Waals surface area (Å²) in [6.07, 6.45) is 1.49. The molecule has 27 heavy (non-hydrogen) atoms. The maximum Gasteiger partial charge on any atom is 0.241 e. The van der Waals surface area contributed by atoms with Crippen LogP contribution in [0.25, 0.3) is 0 Å². The predicted octanol–water partition coefficient (Wildman–Crippen LogP) is 4.45. The number of hydrogen-bond acceptors (Lipinski definition) is 4. The molecular formula is C19H16ClFN2O3S. The molecule has 0 unspecified atom stereocenters. The van der Waals surface area contributed by atoms with Gasteiger partial charge in [-0.3, -0.25) is 0 Å². The van der Waals surface area contributed by atoms with Gasteiger partial charge in [0.05, 0.1) is 4.90 Å². The lowest BCUT2D eigenvalue weighted by molar-refractivity contribution is 0.457. The summed E-state index contributed by atoms with van der Waals surface area (Å²) < 4.78 is 46.1. The van der Waals surface area contributed by atoms with Gasteiger partial charge in [-0.2, -0.15) is 0 Å². The summed E-state index contributed by atoms with van der Waals surface area (Å²) in [7, 11) is -3.71. The highest BCUT2D eigenvalue weighted by Gasteiger charge is 2.17. The third-order valence-corrected chi connectivity index (χ3v) is 5.75. The number of pyridine rings is 1. The SMILES string of the molecule is Cc1c(Cl)cccc1S(=O)(=O)NCc1ccc(Oc2cccc(F)c2)nc1. The first-order valence-electron chi connectivity index (χ1n) is 7.98. The molecule has 0 saturated carbocycles. The van der Waals surface area contributed by atoms with Gasteiger partial charge in [0, 0.05) is 29.9 Å². The zero-order chi connectivity index (χ0) is 19.4. The lowest BCUT2D eigenvalue weighted by Gasteiger charge is -2.10. The summed E-state index contributed by atoms with van der Waals surface area (Å²) in [6.45, 7) is 1.71. The standard InChI is InChI=1S/C19H16ClFN2O3S/c1-13-17(20)6-3-7-18(13)27(24,25)23-12-14-8-9-19(22-11-14)26-16-5-2-4-15(21)10-16/h2-11,23H,12H2,1H3. The summed E-state index contributed by atoms with van der Waals surface area (Å²) in [4.78, 5) is 4.24. The smallest absolute Gasteiger partial charge is 0.241 e. The molecule has 140 valence electrons. The molecule has 3 aromatic rings. The first kappa shape index (κ1) is 19.3. The van der Waals surface area contributed by atoms with Crippen LogP contribution in [0.2, 0.25) is 5.02 Å². The maximum absolute atomic E-state index is 13.2. The van der Waals surface area contributed by atoms with E-state index in [2.05, 4.69) is 9.71 Å². The van der Waals surface area contributed by atoms with E-state index >= 15 is 0 Å². The van der Waals surface area contributed by atoms with Crippen molar-refractivity contribution < 1.29 is 17.5 Å². The maximum atomic E-state index is 13.2. The summed E-state index contributed by atoms with van der Waals surface area (Å²) in [6, 6.07) is 13.7. The van der Waals surface area contributed by atoms with E-state index in [0.717, 1.165) is 0 Å². The Morgan fingerprint density at radius 1 is 1.15 bits per heavy atom. The molecule has 0 saturated heterocycles. The van der Waals surface area contributed by atoms with Crippen molar-refractivity contribution in [2.45, 2.75) is 18.4 Å². The molecule has 0 radical (unpaired) electrons. The van der Waals surface area contributed by atoms with E-state index in [0.29, 0.717) is 21.9 Å². The van der Waals surface area contributed by atoms with Crippen molar-refractivity contribution in [3.05, 3.63) is 82.8 Å². The number of halogens is 2. The number of sulfonamides is 1. The highest BCUT2D eigenvalue weighted by atomic mass is 35.5. The van der Waals surface area contributed by atoms with Gasteiger partial charge in [-0.05, 0) is 42.3 Å². The molecule has 0 spiro atoms. The Bertz CT molecular complexity index is 1060. The van der Waals surface area contributed by atoms with Gasteiger partial charge in [0.15, 0.2) is 0 Å². The number of benzene rings is 2. The minimum Gasteiger partial charge on any atom is -0.439 e. The second-order valence-electron chi connectivity index (χ2n) is 5.75. The molecule has 0 amide bonds. The van der Waals surface area contributed by atoms with Crippen LogP contribution < -0.4 is 9.46 Å². The first-order chi connectivity index (χ1) is 12.8. The second-order valence-corrected chi connectivity index (χ2v) is 7.89. The Hall–Kier alpha value is -2.48. The van der Waals surface area contributed by atoms with E-state index in [1.54, 1.807) is 37.3 Å². The highest BCUT2D eigenvalue weighted by molar-refractivity contribution is 7.89. The van der Waals surface area contributed by atoms with E-state index in [9.17, 15) is 12.8 Å². The predicted molar refractivity (Wildman–Crippen MR) is 101 cm³/mol. The lowest BCUT2D eigenvalue weighted by atomic mass is 10.2. The van der Waals surface area contributed by atoms with Gasteiger partial charge in [0.2, 0.25) is 15.9 Å². The highest BCUT2D eigenvalue weighted by Crippen LogP contribution is 2.23. The minimum atomic E-state index is -3.71. The van der Waals surface area contributed by atoms with Crippen LogP contribution in [0.5, 0.6) is 11.6 Å². The first-order valence-corrected chi connectivity index (χ1v) is 9.84.